The number of rotatable bonds is 9. The van der Waals surface area contributed by atoms with Crippen LogP contribution in [0.5, 0.6) is 11.5 Å². The number of hydrogen-bond donors (Lipinski definition) is 1. The Morgan fingerprint density at radius 1 is 1.00 bits per heavy atom. The average molecular weight is 390 g/mol. The second-order valence-corrected chi connectivity index (χ2v) is 6.92. The lowest BCUT2D eigenvalue weighted by molar-refractivity contribution is -0.121. The van der Waals surface area contributed by atoms with Crippen molar-refractivity contribution in [3.63, 3.8) is 0 Å². The van der Waals surface area contributed by atoms with E-state index in [0.717, 1.165) is 11.1 Å². The van der Waals surface area contributed by atoms with Gasteiger partial charge in [-0.1, -0.05) is 43.3 Å². The molecular formula is C24H26N2O3. The summed E-state index contributed by atoms with van der Waals surface area (Å²) in [6.45, 7) is 2.94. The van der Waals surface area contributed by atoms with Gasteiger partial charge in [-0.2, -0.15) is 0 Å². The van der Waals surface area contributed by atoms with Gasteiger partial charge in [0.05, 0.1) is 7.11 Å². The number of amides is 1. The molecule has 0 radical (unpaired) electrons. The lowest BCUT2D eigenvalue weighted by Crippen LogP contribution is -2.24. The number of ether oxygens (including phenoxy) is 2. The summed E-state index contributed by atoms with van der Waals surface area (Å²) in [6, 6.07) is 19.6. The maximum atomic E-state index is 12.3. The minimum Gasteiger partial charge on any atom is -0.493 e. The lowest BCUT2D eigenvalue weighted by atomic mass is 9.97. The van der Waals surface area contributed by atoms with Gasteiger partial charge in [-0.25, -0.2) is 0 Å². The van der Waals surface area contributed by atoms with Crippen molar-refractivity contribution in [3.8, 4) is 11.5 Å². The zero-order chi connectivity index (χ0) is 20.5. The Morgan fingerprint density at radius 2 is 1.76 bits per heavy atom. The quantitative estimate of drug-likeness (QED) is 0.585. The number of nitrogens with one attached hydrogen (secondary N) is 1. The maximum Gasteiger partial charge on any atom is 0.220 e. The molecule has 0 unspecified atom stereocenters. The molecule has 0 aliphatic heterocycles. The van der Waals surface area contributed by atoms with Crippen LogP contribution in [0, 0.1) is 0 Å². The van der Waals surface area contributed by atoms with Crippen molar-refractivity contribution in [2.45, 2.75) is 32.4 Å². The van der Waals surface area contributed by atoms with Gasteiger partial charge in [0.1, 0.15) is 6.61 Å². The first-order chi connectivity index (χ1) is 14.2. The van der Waals surface area contributed by atoms with Crippen molar-refractivity contribution in [3.05, 3.63) is 89.7 Å². The molecule has 1 heterocycles. The summed E-state index contributed by atoms with van der Waals surface area (Å²) in [5, 5.41) is 2.99. The van der Waals surface area contributed by atoms with E-state index in [9.17, 15) is 4.79 Å². The van der Waals surface area contributed by atoms with E-state index < -0.39 is 0 Å². The first-order valence-electron chi connectivity index (χ1n) is 9.66. The molecule has 150 valence electrons. The highest BCUT2D eigenvalue weighted by Crippen LogP contribution is 2.29. The van der Waals surface area contributed by atoms with Crippen LogP contribution in [0.1, 0.15) is 36.0 Å². The normalized spacial score (nSPS) is 11.5. The predicted octanol–water partition coefficient (Wildman–Crippen LogP) is 4.48. The molecule has 1 N–H and O–H groups in total. The number of carbonyl (C=O) groups excluding carboxylic acids is 1. The monoisotopic (exact) mass is 390 g/mol. The van der Waals surface area contributed by atoms with Crippen molar-refractivity contribution >= 4 is 5.91 Å². The number of methoxy groups -OCH3 is 1. The van der Waals surface area contributed by atoms with Crippen molar-refractivity contribution in [1.82, 2.24) is 10.3 Å². The number of benzene rings is 2. The number of aromatic nitrogens is 1. The van der Waals surface area contributed by atoms with Crippen LogP contribution in [0.4, 0.5) is 0 Å². The van der Waals surface area contributed by atoms with Gasteiger partial charge in [-0.15, -0.1) is 0 Å². The standard InChI is InChI=1S/C24H26N2O3/c1-18(21-6-4-3-5-7-21)14-24(27)26-16-20-8-9-22(23(15-20)28-2)29-17-19-10-12-25-13-11-19/h3-13,15,18H,14,16-17H2,1-2H3,(H,26,27)/t18-/m0/s1. The van der Waals surface area contributed by atoms with Gasteiger partial charge in [0, 0.05) is 25.4 Å². The van der Waals surface area contributed by atoms with Gasteiger partial charge in [0.25, 0.3) is 0 Å². The third kappa shape index (κ3) is 6.07. The molecule has 1 aromatic heterocycles. The fourth-order valence-corrected chi connectivity index (χ4v) is 3.03. The van der Waals surface area contributed by atoms with Gasteiger partial charge in [0.15, 0.2) is 11.5 Å². The topological polar surface area (TPSA) is 60.5 Å². The van der Waals surface area contributed by atoms with Crippen molar-refractivity contribution in [2.75, 3.05) is 7.11 Å². The summed E-state index contributed by atoms with van der Waals surface area (Å²) in [7, 11) is 1.61. The molecule has 5 heteroatoms. The van der Waals surface area contributed by atoms with Crippen LogP contribution in [0.25, 0.3) is 0 Å². The number of pyridine rings is 1. The molecule has 0 saturated heterocycles. The first-order valence-corrected chi connectivity index (χ1v) is 9.66. The highest BCUT2D eigenvalue weighted by atomic mass is 16.5. The minimum atomic E-state index is 0.0262. The predicted molar refractivity (Wildman–Crippen MR) is 113 cm³/mol. The van der Waals surface area contributed by atoms with E-state index in [0.29, 0.717) is 31.1 Å². The second kappa shape index (κ2) is 10.3. The lowest BCUT2D eigenvalue weighted by Gasteiger charge is -2.14. The van der Waals surface area contributed by atoms with Crippen LogP contribution in [-0.4, -0.2) is 18.0 Å². The van der Waals surface area contributed by atoms with Crippen molar-refractivity contribution in [2.24, 2.45) is 0 Å². The number of nitrogens with zero attached hydrogens (tertiary/aromatic N) is 1. The highest BCUT2D eigenvalue weighted by molar-refractivity contribution is 5.76. The van der Waals surface area contributed by atoms with Gasteiger partial charge in [0.2, 0.25) is 5.91 Å². The Labute approximate surface area is 171 Å². The Morgan fingerprint density at radius 3 is 2.48 bits per heavy atom. The molecule has 3 aromatic rings. The summed E-state index contributed by atoms with van der Waals surface area (Å²) in [4.78, 5) is 16.3. The van der Waals surface area contributed by atoms with E-state index in [1.165, 1.54) is 5.56 Å². The third-order valence-electron chi connectivity index (χ3n) is 4.72. The molecule has 1 amide bonds. The molecule has 0 aliphatic carbocycles. The van der Waals surface area contributed by atoms with E-state index in [2.05, 4.69) is 17.2 Å². The molecular weight excluding hydrogens is 364 g/mol. The summed E-state index contributed by atoms with van der Waals surface area (Å²) in [5.74, 6) is 1.51. The average Bonchev–Trinajstić information content (AvgIpc) is 2.77. The van der Waals surface area contributed by atoms with Crippen LogP contribution in [0.3, 0.4) is 0 Å². The van der Waals surface area contributed by atoms with Crippen molar-refractivity contribution in [1.29, 1.82) is 0 Å². The van der Waals surface area contributed by atoms with Crippen LogP contribution in [0.2, 0.25) is 0 Å². The first kappa shape index (κ1) is 20.4. The molecule has 1 atom stereocenters. The molecule has 0 bridgehead atoms. The maximum absolute atomic E-state index is 12.3. The Hall–Kier alpha value is -3.34. The molecule has 0 spiro atoms. The third-order valence-corrected chi connectivity index (χ3v) is 4.72. The number of hydrogen-bond acceptors (Lipinski definition) is 4. The SMILES string of the molecule is COc1cc(CNC(=O)C[C@H](C)c2ccccc2)ccc1OCc1ccncc1. The van der Waals surface area contributed by atoms with Gasteiger partial charge in [-0.05, 0) is 46.9 Å². The van der Waals surface area contributed by atoms with Crippen molar-refractivity contribution < 1.29 is 14.3 Å². The molecule has 2 aromatic carbocycles. The van der Waals surface area contributed by atoms with Crippen LogP contribution in [-0.2, 0) is 17.9 Å². The molecule has 29 heavy (non-hydrogen) atoms. The smallest absolute Gasteiger partial charge is 0.220 e. The van der Waals surface area contributed by atoms with Gasteiger partial charge < -0.3 is 14.8 Å². The zero-order valence-corrected chi connectivity index (χ0v) is 16.8. The molecule has 0 saturated carbocycles. The highest BCUT2D eigenvalue weighted by Gasteiger charge is 2.12. The zero-order valence-electron chi connectivity index (χ0n) is 16.8. The van der Waals surface area contributed by atoms with E-state index in [1.807, 2.05) is 60.7 Å². The van der Waals surface area contributed by atoms with E-state index in [4.69, 9.17) is 9.47 Å². The summed E-state index contributed by atoms with van der Waals surface area (Å²) < 4.78 is 11.3. The van der Waals surface area contributed by atoms with Crippen LogP contribution < -0.4 is 14.8 Å². The molecule has 0 aliphatic rings. The minimum absolute atomic E-state index is 0.0262. The second-order valence-electron chi connectivity index (χ2n) is 6.92. The van der Waals surface area contributed by atoms with Crippen LogP contribution >= 0.6 is 0 Å². The molecule has 0 fully saturated rings. The Kier molecular flexibility index (Phi) is 7.22. The van der Waals surface area contributed by atoms with E-state index >= 15 is 0 Å². The summed E-state index contributed by atoms with van der Waals surface area (Å²) in [6.07, 6.45) is 3.93. The van der Waals surface area contributed by atoms with Crippen LogP contribution in [0.15, 0.2) is 73.1 Å². The molecule has 5 nitrogen and oxygen atoms in total. The van der Waals surface area contributed by atoms with Gasteiger partial charge >= 0.3 is 0 Å². The van der Waals surface area contributed by atoms with Gasteiger partial charge in [-0.3, -0.25) is 9.78 Å². The van der Waals surface area contributed by atoms with E-state index in [1.54, 1.807) is 19.5 Å². The largest absolute Gasteiger partial charge is 0.493 e. The number of carbonyl (C=O) groups is 1. The molecule has 3 rings (SSSR count). The fourth-order valence-electron chi connectivity index (χ4n) is 3.03. The summed E-state index contributed by atoms with van der Waals surface area (Å²) >= 11 is 0. The fraction of sp³-hybridized carbons (Fsp3) is 0.250. The summed E-state index contributed by atoms with van der Waals surface area (Å²) in [5.41, 5.74) is 3.16. The Balaban J connectivity index is 1.53. The Bertz CT molecular complexity index is 914. The van der Waals surface area contributed by atoms with E-state index in [-0.39, 0.29) is 11.8 Å².